The summed E-state index contributed by atoms with van der Waals surface area (Å²) in [5, 5.41) is 0. The van der Waals surface area contributed by atoms with Gasteiger partial charge in [-0.1, -0.05) is 38.7 Å². The molecule has 0 N–H and O–H groups in total. The van der Waals surface area contributed by atoms with Crippen LogP contribution in [0.15, 0.2) is 40.8 Å². The van der Waals surface area contributed by atoms with Crippen LogP contribution in [0.2, 0.25) is 0 Å². The number of aryl methyl sites for hydroxylation is 2. The number of likely N-dealkylation sites (tertiary alicyclic amines) is 1. The zero-order valence-electron chi connectivity index (χ0n) is 28.1. The minimum Gasteiger partial charge on any atom is -0.542 e. The summed E-state index contributed by atoms with van der Waals surface area (Å²) in [5.41, 5.74) is 4.66. The first kappa shape index (κ1) is 38.8. The molecule has 0 bridgehead atoms. The van der Waals surface area contributed by atoms with E-state index >= 15 is 0 Å². The number of benzene rings is 1. The molecule has 0 radical (unpaired) electrons. The van der Waals surface area contributed by atoms with E-state index in [0.29, 0.717) is 18.9 Å². The molecule has 1 aliphatic rings. The first-order valence-corrected chi connectivity index (χ1v) is 15.6. The van der Waals surface area contributed by atoms with Gasteiger partial charge in [0.15, 0.2) is 11.5 Å². The summed E-state index contributed by atoms with van der Waals surface area (Å²) in [6.45, 7) is 13.5. The second-order valence-corrected chi connectivity index (χ2v) is 11.5. The van der Waals surface area contributed by atoms with Gasteiger partial charge in [0.05, 0.1) is 13.7 Å². The van der Waals surface area contributed by atoms with E-state index in [1.54, 1.807) is 7.11 Å². The van der Waals surface area contributed by atoms with Gasteiger partial charge in [-0.25, -0.2) is 0 Å². The molecule has 6 heteroatoms. The quantitative estimate of drug-likeness (QED) is 0.128. The average molecular weight is 584 g/mol. The van der Waals surface area contributed by atoms with Gasteiger partial charge < -0.3 is 37.9 Å². The Hall–Kier alpha value is -2.19. The Morgan fingerprint density at radius 3 is 2.56 bits per heavy atom. The molecule has 0 spiro atoms. The predicted octanol–water partition coefficient (Wildman–Crippen LogP) is 6.11. The standard InChI is InChI=1S/C36H51NO4.CH3.Li/c1-7-10-13-31(34-16-15-32(9-3)41-34)24-30(14-11-12-28(8-2)19-22-38)33-25-35(39-6)36(23-27(33)4)40-26-29-17-20-37(5)21-18-29;;/h13,15-16,23-25,28-29H,2,7-12,14,17-21,26H2,1,3-6H3;1H3;/q-2;-1;+1/b30-24-,31-13-;;. The molecular formula is C37H54LiNO4-2. The molecule has 5 nitrogen and oxygen atoms in total. The van der Waals surface area contributed by atoms with Crippen molar-refractivity contribution in [2.24, 2.45) is 11.8 Å². The number of nitrogens with zero attached hydrogens (tertiary/aromatic N) is 1. The van der Waals surface area contributed by atoms with Crippen molar-refractivity contribution >= 4 is 17.4 Å². The number of piperidine rings is 1. The van der Waals surface area contributed by atoms with Gasteiger partial charge in [0.25, 0.3) is 0 Å². The second kappa shape index (κ2) is 20.7. The molecule has 1 fully saturated rings. The van der Waals surface area contributed by atoms with Gasteiger partial charge in [0, 0.05) is 12.0 Å². The third-order valence-electron chi connectivity index (χ3n) is 8.29. The van der Waals surface area contributed by atoms with Crippen molar-refractivity contribution in [1.82, 2.24) is 4.90 Å². The molecule has 3 rings (SSSR count). The van der Waals surface area contributed by atoms with Gasteiger partial charge in [-0.2, -0.15) is 12.8 Å². The third-order valence-corrected chi connectivity index (χ3v) is 8.29. The van der Waals surface area contributed by atoms with Gasteiger partial charge in [-0.3, -0.25) is 6.29 Å². The number of unbranched alkanes of at least 4 members (excludes halogenated alkanes) is 1. The zero-order chi connectivity index (χ0) is 29.6. The number of allylic oxidation sites excluding steroid dienone is 4. The van der Waals surface area contributed by atoms with Crippen LogP contribution in [0.25, 0.3) is 11.1 Å². The van der Waals surface area contributed by atoms with Crippen LogP contribution in [0.1, 0.15) is 94.3 Å². The summed E-state index contributed by atoms with van der Waals surface area (Å²) in [7, 11) is 3.90. The molecule has 1 unspecified atom stereocenters. The van der Waals surface area contributed by atoms with Crippen molar-refractivity contribution in [1.29, 1.82) is 0 Å². The molecule has 1 aromatic heterocycles. The Morgan fingerprint density at radius 2 is 1.95 bits per heavy atom. The first-order valence-electron chi connectivity index (χ1n) is 15.6. The Balaban J connectivity index is 0.00000462. The fraction of sp³-hybridized carbons (Fsp3) is 0.541. The molecule has 0 saturated carbocycles. The van der Waals surface area contributed by atoms with Crippen molar-refractivity contribution in [3.63, 3.8) is 0 Å². The van der Waals surface area contributed by atoms with Gasteiger partial charge in [0.1, 0.15) is 11.5 Å². The Kier molecular flexibility index (Phi) is 18.7. The van der Waals surface area contributed by atoms with Gasteiger partial charge in [-0.05, 0) is 112 Å². The van der Waals surface area contributed by atoms with Crippen molar-refractivity contribution < 1.29 is 37.5 Å². The molecule has 2 heterocycles. The monoisotopic (exact) mass is 583 g/mol. The number of furan rings is 1. The third kappa shape index (κ3) is 12.0. The van der Waals surface area contributed by atoms with E-state index in [1.165, 1.54) is 5.57 Å². The summed E-state index contributed by atoms with van der Waals surface area (Å²) >= 11 is 0. The van der Waals surface area contributed by atoms with E-state index in [1.807, 2.05) is 0 Å². The molecule has 2 aromatic rings. The maximum atomic E-state index is 11.0. The maximum absolute atomic E-state index is 11.0. The van der Waals surface area contributed by atoms with Crippen molar-refractivity contribution in [3.05, 3.63) is 73.4 Å². The molecule has 0 amide bonds. The number of methoxy groups -OCH3 is 1. The largest absolute Gasteiger partial charge is 1.00 e. The number of rotatable bonds is 17. The van der Waals surface area contributed by atoms with Crippen LogP contribution in [-0.4, -0.2) is 45.0 Å². The van der Waals surface area contributed by atoms with Crippen LogP contribution in [-0.2, 0) is 11.2 Å². The maximum Gasteiger partial charge on any atom is 1.00 e. The molecular weight excluding hydrogens is 529 g/mol. The Morgan fingerprint density at radius 1 is 1.21 bits per heavy atom. The molecule has 0 aliphatic carbocycles. The van der Waals surface area contributed by atoms with Crippen molar-refractivity contribution in [2.75, 3.05) is 33.9 Å². The number of hydrogen-bond donors (Lipinski definition) is 0. The molecule has 1 aromatic carbocycles. The molecule has 234 valence electrons. The summed E-state index contributed by atoms with van der Waals surface area (Å²) < 4.78 is 18.4. The van der Waals surface area contributed by atoms with Gasteiger partial charge in [0.2, 0.25) is 0 Å². The summed E-state index contributed by atoms with van der Waals surface area (Å²) in [6, 6.07) is 8.43. The van der Waals surface area contributed by atoms with Crippen LogP contribution in [0.5, 0.6) is 11.5 Å². The first-order chi connectivity index (χ1) is 19.9. The van der Waals surface area contributed by atoms with Gasteiger partial charge in [-0.15, -0.1) is 0 Å². The minimum absolute atomic E-state index is 0. The average Bonchev–Trinajstić information content (AvgIpc) is 3.47. The minimum atomic E-state index is 0. The second-order valence-electron chi connectivity index (χ2n) is 11.5. The van der Waals surface area contributed by atoms with Crippen LogP contribution in [0, 0.1) is 33.1 Å². The molecule has 1 saturated heterocycles. The summed E-state index contributed by atoms with van der Waals surface area (Å²) in [4.78, 5) is 13.4. The summed E-state index contributed by atoms with van der Waals surface area (Å²) in [6.07, 6.45) is 15.9. The number of ether oxygens (including phenoxy) is 2. The normalized spacial score (nSPS) is 15.4. The fourth-order valence-electron chi connectivity index (χ4n) is 5.49. The molecule has 43 heavy (non-hydrogen) atoms. The number of hydrogen-bond acceptors (Lipinski definition) is 5. The van der Waals surface area contributed by atoms with Gasteiger partial charge >= 0.3 is 18.9 Å². The predicted molar refractivity (Wildman–Crippen MR) is 176 cm³/mol. The van der Waals surface area contributed by atoms with E-state index in [9.17, 15) is 4.79 Å². The van der Waals surface area contributed by atoms with E-state index in [2.05, 4.69) is 82.3 Å². The fourth-order valence-corrected chi connectivity index (χ4v) is 5.49. The van der Waals surface area contributed by atoms with E-state index in [0.717, 1.165) is 111 Å². The van der Waals surface area contributed by atoms with Crippen LogP contribution >= 0.6 is 0 Å². The number of carbonyl (C=O) groups excluding carboxylic acids is 1. The molecule has 1 aliphatic heterocycles. The van der Waals surface area contributed by atoms with Crippen molar-refractivity contribution in [2.45, 2.75) is 85.0 Å². The summed E-state index contributed by atoms with van der Waals surface area (Å²) in [5.74, 6) is 4.31. The van der Waals surface area contributed by atoms with E-state index in [4.69, 9.17) is 13.9 Å². The van der Waals surface area contributed by atoms with Crippen molar-refractivity contribution in [3.8, 4) is 11.5 Å². The zero-order valence-corrected chi connectivity index (χ0v) is 28.1. The van der Waals surface area contributed by atoms with Crippen LogP contribution in [0.4, 0.5) is 0 Å². The van der Waals surface area contributed by atoms with E-state index in [-0.39, 0.29) is 32.2 Å². The van der Waals surface area contributed by atoms with E-state index < -0.39 is 0 Å². The SMILES string of the molecule is [CH2-]CC(C[C-]=O)CCC/C(=C/C(=C/CCC)c1ccc(CC)o1)c1cc(OC)c(OCC2CCN(C)CC2)cc1C.[CH3-].[Li+]. The Labute approximate surface area is 274 Å². The van der Waals surface area contributed by atoms with Crippen LogP contribution < -0.4 is 28.3 Å². The van der Waals surface area contributed by atoms with Crippen LogP contribution in [0.3, 0.4) is 0 Å². The topological polar surface area (TPSA) is 51.9 Å². The molecule has 1 atom stereocenters. The Bertz CT molecular complexity index is 1140. The smallest absolute Gasteiger partial charge is 0.542 e.